The van der Waals surface area contributed by atoms with Crippen LogP contribution in [0.25, 0.3) is 0 Å². The van der Waals surface area contributed by atoms with Crippen molar-refractivity contribution < 1.29 is 0 Å². The van der Waals surface area contributed by atoms with Crippen LogP contribution < -0.4 is 5.32 Å². The quantitative estimate of drug-likeness (QED) is 0.870. The summed E-state index contributed by atoms with van der Waals surface area (Å²) in [4.78, 5) is 5.13. The summed E-state index contributed by atoms with van der Waals surface area (Å²) in [6.07, 6.45) is 1.24. The van der Waals surface area contributed by atoms with Crippen LogP contribution in [-0.4, -0.2) is 55.1 Å². The second kappa shape index (κ2) is 7.87. The maximum Gasteiger partial charge on any atom is 0.0637 e. The molecule has 1 aromatic carbocycles. The Bertz CT molecular complexity index is 402. The molecule has 20 heavy (non-hydrogen) atoms. The summed E-state index contributed by atoms with van der Waals surface area (Å²) >= 11 is 6.13. The van der Waals surface area contributed by atoms with Crippen molar-refractivity contribution in [2.45, 2.75) is 26.3 Å². The topological polar surface area (TPSA) is 18.5 Å². The lowest BCUT2D eigenvalue weighted by Crippen LogP contribution is -2.50. The zero-order valence-electron chi connectivity index (χ0n) is 12.6. The Labute approximate surface area is 127 Å². The second-order valence-corrected chi connectivity index (χ2v) is 5.95. The van der Waals surface area contributed by atoms with E-state index >= 15 is 0 Å². The lowest BCUT2D eigenvalue weighted by molar-refractivity contribution is 0.103. The Kier molecular flexibility index (Phi) is 6.14. The number of nitrogens with one attached hydrogen (secondary N) is 1. The monoisotopic (exact) mass is 295 g/mol. The molecule has 0 bridgehead atoms. The van der Waals surface area contributed by atoms with E-state index in [1.54, 1.807) is 0 Å². The van der Waals surface area contributed by atoms with E-state index in [4.69, 9.17) is 11.6 Å². The smallest absolute Gasteiger partial charge is 0.0637 e. The highest BCUT2D eigenvalue weighted by Gasteiger charge is 2.19. The number of para-hydroxylation sites is 1. The van der Waals surface area contributed by atoms with E-state index in [9.17, 15) is 0 Å². The molecule has 0 radical (unpaired) electrons. The van der Waals surface area contributed by atoms with Crippen LogP contribution in [0.15, 0.2) is 24.3 Å². The first-order chi connectivity index (χ1) is 9.70. The molecule has 1 aliphatic rings. The standard InChI is InChI=1S/C16H26ClN3/c1-3-14(2)20-12-10-19(11-13-20)9-8-18-16-7-5-4-6-15(16)17/h4-7,14,18H,3,8-13H2,1-2H3. The first kappa shape index (κ1) is 15.6. The molecule has 0 spiro atoms. The molecule has 4 heteroatoms. The highest BCUT2D eigenvalue weighted by atomic mass is 35.5. The lowest BCUT2D eigenvalue weighted by atomic mass is 10.2. The molecule has 1 aromatic rings. The Balaban J connectivity index is 1.68. The molecule has 1 fully saturated rings. The van der Waals surface area contributed by atoms with Crippen LogP contribution in [0.5, 0.6) is 0 Å². The number of rotatable bonds is 6. The summed E-state index contributed by atoms with van der Waals surface area (Å²) in [5, 5.41) is 4.22. The van der Waals surface area contributed by atoms with Gasteiger partial charge in [-0.3, -0.25) is 9.80 Å². The summed E-state index contributed by atoms with van der Waals surface area (Å²) in [6, 6.07) is 8.65. The van der Waals surface area contributed by atoms with E-state index in [-0.39, 0.29) is 0 Å². The third kappa shape index (κ3) is 4.37. The Morgan fingerprint density at radius 1 is 1.20 bits per heavy atom. The minimum Gasteiger partial charge on any atom is -0.383 e. The number of benzene rings is 1. The predicted molar refractivity (Wildman–Crippen MR) is 87.7 cm³/mol. The lowest BCUT2D eigenvalue weighted by Gasteiger charge is -2.37. The molecular formula is C16H26ClN3. The molecule has 1 aliphatic heterocycles. The van der Waals surface area contributed by atoms with Gasteiger partial charge in [0.1, 0.15) is 0 Å². The summed E-state index contributed by atoms with van der Waals surface area (Å²) in [5.74, 6) is 0. The van der Waals surface area contributed by atoms with Crippen molar-refractivity contribution in [3.8, 4) is 0 Å². The van der Waals surface area contributed by atoms with Gasteiger partial charge in [0.15, 0.2) is 0 Å². The van der Waals surface area contributed by atoms with E-state index in [2.05, 4.69) is 29.0 Å². The average molecular weight is 296 g/mol. The van der Waals surface area contributed by atoms with Gasteiger partial charge in [0, 0.05) is 45.3 Å². The second-order valence-electron chi connectivity index (χ2n) is 5.54. The largest absolute Gasteiger partial charge is 0.383 e. The van der Waals surface area contributed by atoms with E-state index in [1.165, 1.54) is 32.6 Å². The van der Waals surface area contributed by atoms with Crippen LogP contribution >= 0.6 is 11.6 Å². The van der Waals surface area contributed by atoms with Gasteiger partial charge >= 0.3 is 0 Å². The summed E-state index contributed by atoms with van der Waals surface area (Å²) in [5.41, 5.74) is 1.03. The zero-order chi connectivity index (χ0) is 14.4. The maximum atomic E-state index is 6.13. The number of halogens is 1. The highest BCUT2D eigenvalue weighted by Crippen LogP contribution is 2.20. The summed E-state index contributed by atoms with van der Waals surface area (Å²) in [7, 11) is 0. The minimum absolute atomic E-state index is 0.721. The molecule has 112 valence electrons. The first-order valence-electron chi connectivity index (χ1n) is 7.65. The van der Waals surface area contributed by atoms with Gasteiger partial charge in [-0.05, 0) is 25.5 Å². The number of piperazine rings is 1. The molecular weight excluding hydrogens is 270 g/mol. The Hall–Kier alpha value is -0.770. The fourth-order valence-electron chi connectivity index (χ4n) is 2.64. The molecule has 0 saturated carbocycles. The Morgan fingerprint density at radius 2 is 1.90 bits per heavy atom. The van der Waals surface area contributed by atoms with E-state index in [0.29, 0.717) is 0 Å². The number of nitrogens with zero attached hydrogens (tertiary/aromatic N) is 2. The summed E-state index contributed by atoms with van der Waals surface area (Å²) < 4.78 is 0. The molecule has 0 aromatic heterocycles. The van der Waals surface area contributed by atoms with Crippen LogP contribution in [0.2, 0.25) is 5.02 Å². The van der Waals surface area contributed by atoms with E-state index < -0.39 is 0 Å². The third-order valence-corrected chi connectivity index (χ3v) is 4.57. The summed E-state index contributed by atoms with van der Waals surface area (Å²) in [6.45, 7) is 11.4. The van der Waals surface area contributed by atoms with Crippen LogP contribution in [0.4, 0.5) is 5.69 Å². The fraction of sp³-hybridized carbons (Fsp3) is 0.625. The van der Waals surface area contributed by atoms with Crippen LogP contribution in [0.1, 0.15) is 20.3 Å². The van der Waals surface area contributed by atoms with Crippen molar-refractivity contribution in [3.63, 3.8) is 0 Å². The number of anilines is 1. The SMILES string of the molecule is CCC(C)N1CCN(CCNc2ccccc2Cl)CC1. The van der Waals surface area contributed by atoms with Crippen LogP contribution in [0.3, 0.4) is 0 Å². The first-order valence-corrected chi connectivity index (χ1v) is 8.03. The number of hydrogen-bond acceptors (Lipinski definition) is 3. The van der Waals surface area contributed by atoms with Gasteiger partial charge in [-0.2, -0.15) is 0 Å². The van der Waals surface area contributed by atoms with Crippen molar-refractivity contribution in [1.29, 1.82) is 0 Å². The van der Waals surface area contributed by atoms with Gasteiger partial charge in [-0.15, -0.1) is 0 Å². The van der Waals surface area contributed by atoms with E-state index in [0.717, 1.165) is 29.8 Å². The van der Waals surface area contributed by atoms with Crippen molar-refractivity contribution in [3.05, 3.63) is 29.3 Å². The number of hydrogen-bond donors (Lipinski definition) is 1. The van der Waals surface area contributed by atoms with Gasteiger partial charge < -0.3 is 5.32 Å². The van der Waals surface area contributed by atoms with Crippen molar-refractivity contribution in [2.24, 2.45) is 0 Å². The zero-order valence-corrected chi connectivity index (χ0v) is 13.4. The van der Waals surface area contributed by atoms with Gasteiger partial charge in [-0.1, -0.05) is 30.7 Å². The molecule has 2 rings (SSSR count). The predicted octanol–water partition coefficient (Wildman–Crippen LogP) is 3.17. The molecule has 1 N–H and O–H groups in total. The molecule has 3 nitrogen and oxygen atoms in total. The molecule has 1 unspecified atom stereocenters. The van der Waals surface area contributed by atoms with Crippen LogP contribution in [0, 0.1) is 0 Å². The normalized spacial score (nSPS) is 18.9. The van der Waals surface area contributed by atoms with Gasteiger partial charge in [0.25, 0.3) is 0 Å². The maximum absolute atomic E-state index is 6.13. The Morgan fingerprint density at radius 3 is 2.55 bits per heavy atom. The highest BCUT2D eigenvalue weighted by molar-refractivity contribution is 6.33. The molecule has 0 aliphatic carbocycles. The molecule has 0 amide bonds. The molecule has 1 saturated heterocycles. The fourth-order valence-corrected chi connectivity index (χ4v) is 2.84. The third-order valence-electron chi connectivity index (χ3n) is 4.24. The van der Waals surface area contributed by atoms with Crippen molar-refractivity contribution in [2.75, 3.05) is 44.6 Å². The van der Waals surface area contributed by atoms with Crippen molar-refractivity contribution >= 4 is 17.3 Å². The van der Waals surface area contributed by atoms with Gasteiger partial charge in [-0.25, -0.2) is 0 Å². The van der Waals surface area contributed by atoms with Crippen molar-refractivity contribution in [1.82, 2.24) is 9.80 Å². The minimum atomic E-state index is 0.721. The average Bonchev–Trinajstić information content (AvgIpc) is 2.49. The van der Waals surface area contributed by atoms with Gasteiger partial charge in [0.2, 0.25) is 0 Å². The molecule has 1 heterocycles. The van der Waals surface area contributed by atoms with Gasteiger partial charge in [0.05, 0.1) is 10.7 Å². The molecule has 1 atom stereocenters. The van der Waals surface area contributed by atoms with E-state index in [1.807, 2.05) is 24.3 Å². The van der Waals surface area contributed by atoms with Crippen LogP contribution in [-0.2, 0) is 0 Å².